The molecule has 122 valence electrons. The lowest BCUT2D eigenvalue weighted by Crippen LogP contribution is -2.24. The summed E-state index contributed by atoms with van der Waals surface area (Å²) in [5.74, 6) is 0.351. The van der Waals surface area contributed by atoms with Crippen LogP contribution < -0.4 is 10.2 Å². The minimum Gasteiger partial charge on any atom is -0.484 e. The quantitative estimate of drug-likeness (QED) is 0.518. The molecule has 2 N–H and O–H groups in total. The second kappa shape index (κ2) is 7.31. The molecule has 24 heavy (non-hydrogen) atoms. The zero-order valence-corrected chi connectivity index (χ0v) is 14.6. The maximum atomic E-state index is 11.8. The number of hydrogen-bond acceptors (Lipinski definition) is 3. The maximum Gasteiger partial charge on any atom is 0.277 e. The molecule has 0 radical (unpaired) electrons. The number of nitrogens with zero attached hydrogens (tertiary/aromatic N) is 1. The van der Waals surface area contributed by atoms with Crippen molar-refractivity contribution in [2.45, 2.75) is 6.92 Å². The normalized spacial score (nSPS) is 11.1. The van der Waals surface area contributed by atoms with Gasteiger partial charge >= 0.3 is 0 Å². The van der Waals surface area contributed by atoms with E-state index in [9.17, 15) is 4.79 Å². The van der Waals surface area contributed by atoms with Crippen molar-refractivity contribution in [2.75, 3.05) is 6.61 Å². The number of amides is 1. The zero-order chi connectivity index (χ0) is 16.9. The Labute approximate surface area is 147 Å². The van der Waals surface area contributed by atoms with Crippen LogP contribution >= 0.6 is 15.9 Å². The number of aromatic amines is 1. The first-order valence-corrected chi connectivity index (χ1v) is 8.19. The highest BCUT2D eigenvalue weighted by molar-refractivity contribution is 9.10. The minimum atomic E-state index is -0.311. The molecule has 0 saturated heterocycles. The summed E-state index contributed by atoms with van der Waals surface area (Å²) in [4.78, 5) is 14.9. The lowest BCUT2D eigenvalue weighted by molar-refractivity contribution is -0.123. The van der Waals surface area contributed by atoms with Crippen molar-refractivity contribution in [3.63, 3.8) is 0 Å². The summed E-state index contributed by atoms with van der Waals surface area (Å²) in [5, 5.41) is 5.01. The Balaban J connectivity index is 1.57. The van der Waals surface area contributed by atoms with Gasteiger partial charge < -0.3 is 9.72 Å². The lowest BCUT2D eigenvalue weighted by Gasteiger charge is -2.05. The molecule has 3 rings (SSSR count). The number of hydrazone groups is 1. The fourth-order valence-corrected chi connectivity index (χ4v) is 2.64. The number of H-pyrrole nitrogens is 1. The van der Waals surface area contributed by atoms with Crippen LogP contribution in [0.3, 0.4) is 0 Å². The van der Waals surface area contributed by atoms with Crippen LogP contribution in [0.5, 0.6) is 5.75 Å². The highest BCUT2D eigenvalue weighted by Crippen LogP contribution is 2.21. The van der Waals surface area contributed by atoms with Gasteiger partial charge in [0.25, 0.3) is 5.91 Å². The van der Waals surface area contributed by atoms with Crippen molar-refractivity contribution >= 4 is 39.0 Å². The second-order valence-electron chi connectivity index (χ2n) is 5.33. The summed E-state index contributed by atoms with van der Waals surface area (Å²) >= 11 is 3.45. The van der Waals surface area contributed by atoms with Gasteiger partial charge in [0.05, 0.1) is 6.21 Å². The van der Waals surface area contributed by atoms with Gasteiger partial charge in [-0.15, -0.1) is 0 Å². The fourth-order valence-electron chi connectivity index (χ4n) is 2.28. The SMILES string of the molecule is Cc1cccc(OCC(=O)N/N=C\c2c[nH]c3ccc(Br)cc23)c1. The Morgan fingerprint density at radius 3 is 3.04 bits per heavy atom. The number of halogens is 1. The molecular weight excluding hydrogens is 370 g/mol. The molecule has 0 spiro atoms. The molecule has 0 aliphatic heterocycles. The van der Waals surface area contributed by atoms with Crippen LogP contribution in [0.4, 0.5) is 0 Å². The Bertz CT molecular complexity index is 902. The molecule has 1 heterocycles. The van der Waals surface area contributed by atoms with E-state index >= 15 is 0 Å². The number of hydrogen-bond donors (Lipinski definition) is 2. The van der Waals surface area contributed by atoms with Crippen molar-refractivity contribution in [2.24, 2.45) is 5.10 Å². The summed E-state index contributed by atoms with van der Waals surface area (Å²) in [6.07, 6.45) is 3.45. The van der Waals surface area contributed by atoms with Crippen molar-refractivity contribution in [1.29, 1.82) is 0 Å². The van der Waals surface area contributed by atoms with Crippen LogP contribution in [0.15, 0.2) is 58.2 Å². The van der Waals surface area contributed by atoms with Gasteiger partial charge in [0.2, 0.25) is 0 Å². The Hall–Kier alpha value is -2.60. The largest absolute Gasteiger partial charge is 0.484 e. The average Bonchev–Trinajstić information content (AvgIpc) is 2.95. The van der Waals surface area contributed by atoms with Crippen LogP contribution in [0.2, 0.25) is 0 Å². The second-order valence-corrected chi connectivity index (χ2v) is 6.25. The molecule has 1 amide bonds. The molecule has 0 aliphatic rings. The van der Waals surface area contributed by atoms with Crippen LogP contribution in [-0.2, 0) is 4.79 Å². The third kappa shape index (κ3) is 4.02. The first-order valence-electron chi connectivity index (χ1n) is 7.40. The smallest absolute Gasteiger partial charge is 0.277 e. The number of carbonyl (C=O) groups excluding carboxylic acids is 1. The molecule has 0 saturated carbocycles. The van der Waals surface area contributed by atoms with Crippen molar-refractivity contribution in [3.05, 3.63) is 64.3 Å². The number of rotatable bonds is 5. The monoisotopic (exact) mass is 385 g/mol. The van der Waals surface area contributed by atoms with E-state index in [1.165, 1.54) is 0 Å². The molecule has 0 unspecified atom stereocenters. The molecule has 5 nitrogen and oxygen atoms in total. The summed E-state index contributed by atoms with van der Waals surface area (Å²) in [6.45, 7) is 1.89. The lowest BCUT2D eigenvalue weighted by atomic mass is 10.2. The number of aryl methyl sites for hydroxylation is 1. The molecule has 3 aromatic rings. The molecule has 0 atom stereocenters. The van der Waals surface area contributed by atoms with Crippen molar-refractivity contribution < 1.29 is 9.53 Å². The fraction of sp³-hybridized carbons (Fsp3) is 0.111. The number of benzene rings is 2. The first-order chi connectivity index (χ1) is 11.6. The first kappa shape index (κ1) is 16.3. The van der Waals surface area contributed by atoms with E-state index in [0.29, 0.717) is 5.75 Å². The summed E-state index contributed by atoms with van der Waals surface area (Å²) in [7, 11) is 0. The molecule has 6 heteroatoms. The average molecular weight is 386 g/mol. The highest BCUT2D eigenvalue weighted by atomic mass is 79.9. The predicted octanol–water partition coefficient (Wildman–Crippen LogP) is 3.77. The van der Waals surface area contributed by atoms with Gasteiger partial charge in [-0.3, -0.25) is 4.79 Å². The van der Waals surface area contributed by atoms with E-state index < -0.39 is 0 Å². The third-order valence-electron chi connectivity index (χ3n) is 3.43. The van der Waals surface area contributed by atoms with Gasteiger partial charge in [-0.2, -0.15) is 5.10 Å². The summed E-state index contributed by atoms with van der Waals surface area (Å²) in [5.41, 5.74) is 5.45. The van der Waals surface area contributed by atoms with Crippen molar-refractivity contribution in [1.82, 2.24) is 10.4 Å². The van der Waals surface area contributed by atoms with Gasteiger partial charge in [0, 0.05) is 27.1 Å². The maximum absolute atomic E-state index is 11.8. The number of nitrogens with one attached hydrogen (secondary N) is 2. The van der Waals surface area contributed by atoms with E-state index in [1.807, 2.05) is 55.6 Å². The molecule has 2 aromatic carbocycles. The van der Waals surface area contributed by atoms with Crippen LogP contribution in [0.25, 0.3) is 10.9 Å². The molecule has 0 aliphatic carbocycles. The Morgan fingerprint density at radius 2 is 2.21 bits per heavy atom. The van der Waals surface area contributed by atoms with Crippen LogP contribution in [-0.4, -0.2) is 23.7 Å². The van der Waals surface area contributed by atoms with Gasteiger partial charge in [-0.1, -0.05) is 28.1 Å². The van der Waals surface area contributed by atoms with Gasteiger partial charge in [0.1, 0.15) is 5.75 Å². The van der Waals surface area contributed by atoms with E-state index in [2.05, 4.69) is 31.4 Å². The standard InChI is InChI=1S/C18H16BrN3O2/c1-12-3-2-4-15(7-12)24-11-18(23)22-21-10-13-9-20-17-6-5-14(19)8-16(13)17/h2-10,20H,11H2,1H3,(H,22,23)/b21-10-. The highest BCUT2D eigenvalue weighted by Gasteiger charge is 2.04. The van der Waals surface area contributed by atoms with E-state index in [-0.39, 0.29) is 12.5 Å². The number of fused-ring (bicyclic) bond motifs is 1. The van der Waals surface area contributed by atoms with Gasteiger partial charge in [0.15, 0.2) is 6.61 Å². The number of ether oxygens (including phenoxy) is 1. The zero-order valence-electron chi connectivity index (χ0n) is 13.0. The topological polar surface area (TPSA) is 66.5 Å². The Kier molecular flexibility index (Phi) is 4.96. The molecule has 1 aromatic heterocycles. The van der Waals surface area contributed by atoms with Crippen LogP contribution in [0.1, 0.15) is 11.1 Å². The van der Waals surface area contributed by atoms with E-state index in [0.717, 1.165) is 26.5 Å². The molecule has 0 bridgehead atoms. The van der Waals surface area contributed by atoms with Crippen LogP contribution in [0, 0.1) is 6.92 Å². The summed E-state index contributed by atoms with van der Waals surface area (Å²) < 4.78 is 6.41. The van der Waals surface area contributed by atoms with E-state index in [1.54, 1.807) is 6.21 Å². The minimum absolute atomic E-state index is 0.0831. The summed E-state index contributed by atoms with van der Waals surface area (Å²) in [6, 6.07) is 13.5. The molecular formula is C18H16BrN3O2. The molecule has 0 fully saturated rings. The third-order valence-corrected chi connectivity index (χ3v) is 3.92. The van der Waals surface area contributed by atoms with Gasteiger partial charge in [-0.05, 0) is 42.8 Å². The number of carbonyl (C=O) groups is 1. The Morgan fingerprint density at radius 1 is 1.33 bits per heavy atom. The predicted molar refractivity (Wildman–Crippen MR) is 98.4 cm³/mol. The van der Waals surface area contributed by atoms with Gasteiger partial charge in [-0.25, -0.2) is 5.43 Å². The number of aromatic nitrogens is 1. The van der Waals surface area contributed by atoms with E-state index in [4.69, 9.17) is 4.74 Å². The van der Waals surface area contributed by atoms with Crippen molar-refractivity contribution in [3.8, 4) is 5.75 Å².